The Balaban J connectivity index is 2.04. The predicted molar refractivity (Wildman–Crippen MR) is 74.6 cm³/mol. The number of benzene rings is 2. The molecule has 0 aliphatic rings. The van der Waals surface area contributed by atoms with Gasteiger partial charge >= 0.3 is 0 Å². The second-order valence-electron chi connectivity index (χ2n) is 4.15. The molecule has 3 rings (SSSR count). The minimum absolute atomic E-state index is 0.00575. The molecule has 0 saturated carbocycles. The molecule has 0 unspecified atom stereocenters. The van der Waals surface area contributed by atoms with Gasteiger partial charge in [0, 0.05) is 11.3 Å². The molecular formula is C14H9ClFN3O. The lowest BCUT2D eigenvalue weighted by atomic mass is 10.2. The number of aromatic nitrogens is 2. The van der Waals surface area contributed by atoms with E-state index in [4.69, 9.17) is 21.9 Å². The van der Waals surface area contributed by atoms with Crippen molar-refractivity contribution in [2.24, 2.45) is 0 Å². The molecule has 0 aliphatic heterocycles. The normalized spacial score (nSPS) is 10.7. The van der Waals surface area contributed by atoms with Crippen molar-refractivity contribution in [2.75, 3.05) is 5.73 Å². The highest BCUT2D eigenvalue weighted by atomic mass is 35.5. The lowest BCUT2D eigenvalue weighted by molar-refractivity contribution is 0.429. The Bertz CT molecular complexity index is 773. The fourth-order valence-electron chi connectivity index (χ4n) is 1.80. The monoisotopic (exact) mass is 289 g/mol. The molecule has 0 spiro atoms. The lowest BCUT2D eigenvalue weighted by Gasteiger charge is -1.98. The van der Waals surface area contributed by atoms with E-state index >= 15 is 0 Å². The molecule has 0 fully saturated rings. The van der Waals surface area contributed by atoms with Crippen LogP contribution in [0.25, 0.3) is 22.8 Å². The molecule has 1 heterocycles. The van der Waals surface area contributed by atoms with Crippen LogP contribution >= 0.6 is 11.6 Å². The van der Waals surface area contributed by atoms with Crippen LogP contribution < -0.4 is 5.73 Å². The van der Waals surface area contributed by atoms with Crippen molar-refractivity contribution < 1.29 is 8.91 Å². The van der Waals surface area contributed by atoms with Crippen molar-refractivity contribution in [3.8, 4) is 22.8 Å². The van der Waals surface area contributed by atoms with Gasteiger partial charge in [-0.1, -0.05) is 35.0 Å². The molecule has 0 amide bonds. The van der Waals surface area contributed by atoms with Crippen LogP contribution in [0, 0.1) is 5.82 Å². The van der Waals surface area contributed by atoms with Gasteiger partial charge < -0.3 is 10.3 Å². The zero-order chi connectivity index (χ0) is 14.1. The van der Waals surface area contributed by atoms with Crippen LogP contribution in [0.1, 0.15) is 0 Å². The zero-order valence-corrected chi connectivity index (χ0v) is 10.9. The van der Waals surface area contributed by atoms with E-state index in [0.717, 1.165) is 0 Å². The van der Waals surface area contributed by atoms with Crippen LogP contribution in [-0.2, 0) is 0 Å². The molecule has 6 heteroatoms. The minimum Gasteiger partial charge on any atom is -0.399 e. The van der Waals surface area contributed by atoms with Gasteiger partial charge in [0.2, 0.25) is 5.82 Å². The Morgan fingerprint density at radius 2 is 1.95 bits per heavy atom. The summed E-state index contributed by atoms with van der Waals surface area (Å²) in [6.07, 6.45) is 0. The average Bonchev–Trinajstić information content (AvgIpc) is 2.91. The van der Waals surface area contributed by atoms with Gasteiger partial charge in [-0.15, -0.1) is 0 Å². The first-order valence-corrected chi connectivity index (χ1v) is 6.17. The summed E-state index contributed by atoms with van der Waals surface area (Å²) in [6.45, 7) is 0. The summed E-state index contributed by atoms with van der Waals surface area (Å²) >= 11 is 5.73. The number of halogens is 2. The SMILES string of the molecule is Nc1cccc(-c2noc(-c3cccc(Cl)c3F)n2)c1. The average molecular weight is 290 g/mol. The predicted octanol–water partition coefficient (Wildman–Crippen LogP) is 3.78. The van der Waals surface area contributed by atoms with Crippen molar-refractivity contribution >= 4 is 17.3 Å². The number of hydrogen-bond acceptors (Lipinski definition) is 4. The molecule has 2 N–H and O–H groups in total. The van der Waals surface area contributed by atoms with Gasteiger partial charge in [0.1, 0.15) is 0 Å². The second-order valence-corrected chi connectivity index (χ2v) is 4.56. The van der Waals surface area contributed by atoms with E-state index in [-0.39, 0.29) is 16.5 Å². The third-order valence-corrected chi connectivity index (χ3v) is 3.04. The Kier molecular flexibility index (Phi) is 3.12. The maximum atomic E-state index is 13.9. The summed E-state index contributed by atoms with van der Waals surface area (Å²) in [5.41, 5.74) is 7.14. The number of rotatable bonds is 2. The maximum absolute atomic E-state index is 13.9. The largest absolute Gasteiger partial charge is 0.399 e. The first-order chi connectivity index (χ1) is 9.65. The Labute approximate surface area is 119 Å². The number of anilines is 1. The molecule has 1 aromatic heterocycles. The van der Waals surface area contributed by atoms with E-state index in [1.54, 1.807) is 30.3 Å². The van der Waals surface area contributed by atoms with E-state index in [1.165, 1.54) is 12.1 Å². The zero-order valence-electron chi connectivity index (χ0n) is 10.2. The molecular weight excluding hydrogens is 281 g/mol. The van der Waals surface area contributed by atoms with Gasteiger partial charge in [-0.3, -0.25) is 0 Å². The van der Waals surface area contributed by atoms with E-state index in [9.17, 15) is 4.39 Å². The van der Waals surface area contributed by atoms with Crippen molar-refractivity contribution in [1.29, 1.82) is 0 Å². The van der Waals surface area contributed by atoms with Crippen LogP contribution in [0.5, 0.6) is 0 Å². The van der Waals surface area contributed by atoms with Gasteiger partial charge in [-0.25, -0.2) is 4.39 Å². The van der Waals surface area contributed by atoms with Crippen LogP contribution in [-0.4, -0.2) is 10.1 Å². The van der Waals surface area contributed by atoms with Crippen LogP contribution in [0.2, 0.25) is 5.02 Å². The highest BCUT2D eigenvalue weighted by Crippen LogP contribution is 2.28. The van der Waals surface area contributed by atoms with E-state index in [1.807, 2.05) is 0 Å². The van der Waals surface area contributed by atoms with Crippen molar-refractivity contribution in [3.05, 3.63) is 53.3 Å². The van der Waals surface area contributed by atoms with Gasteiger partial charge in [0.05, 0.1) is 10.6 Å². The Morgan fingerprint density at radius 1 is 1.15 bits per heavy atom. The quantitative estimate of drug-likeness (QED) is 0.729. The van der Waals surface area contributed by atoms with Crippen molar-refractivity contribution in [2.45, 2.75) is 0 Å². The number of nitrogen functional groups attached to an aromatic ring is 1. The van der Waals surface area contributed by atoms with E-state index in [0.29, 0.717) is 17.1 Å². The first kappa shape index (κ1) is 12.6. The molecule has 0 radical (unpaired) electrons. The fourth-order valence-corrected chi connectivity index (χ4v) is 1.97. The molecule has 0 atom stereocenters. The number of nitrogens with zero attached hydrogens (tertiary/aromatic N) is 2. The van der Waals surface area contributed by atoms with Crippen LogP contribution in [0.15, 0.2) is 47.0 Å². The summed E-state index contributed by atoms with van der Waals surface area (Å²) < 4.78 is 19.0. The lowest BCUT2D eigenvalue weighted by Crippen LogP contribution is -1.87. The molecule has 4 nitrogen and oxygen atoms in total. The number of nitrogens with two attached hydrogens (primary N) is 1. The highest BCUT2D eigenvalue weighted by molar-refractivity contribution is 6.31. The summed E-state index contributed by atoms with van der Waals surface area (Å²) in [5.74, 6) is -0.175. The minimum atomic E-state index is -0.586. The Morgan fingerprint density at radius 3 is 2.75 bits per heavy atom. The molecule has 20 heavy (non-hydrogen) atoms. The Hall–Kier alpha value is -2.40. The number of hydrogen-bond donors (Lipinski definition) is 1. The molecule has 2 aromatic carbocycles. The molecule has 0 bridgehead atoms. The summed E-state index contributed by atoms with van der Waals surface area (Å²) in [4.78, 5) is 4.16. The van der Waals surface area contributed by atoms with Gasteiger partial charge in [0.25, 0.3) is 5.89 Å². The maximum Gasteiger partial charge on any atom is 0.261 e. The topological polar surface area (TPSA) is 64.9 Å². The fraction of sp³-hybridized carbons (Fsp3) is 0. The van der Waals surface area contributed by atoms with Crippen LogP contribution in [0.4, 0.5) is 10.1 Å². The van der Waals surface area contributed by atoms with Gasteiger partial charge in [0.15, 0.2) is 5.82 Å². The second kappa shape index (κ2) is 4.94. The van der Waals surface area contributed by atoms with Crippen molar-refractivity contribution in [3.63, 3.8) is 0 Å². The summed E-state index contributed by atoms with van der Waals surface area (Å²) in [7, 11) is 0. The highest BCUT2D eigenvalue weighted by Gasteiger charge is 2.16. The molecule has 3 aromatic rings. The van der Waals surface area contributed by atoms with Crippen molar-refractivity contribution in [1.82, 2.24) is 10.1 Å². The van der Waals surface area contributed by atoms with Gasteiger partial charge in [-0.05, 0) is 24.3 Å². The standard InChI is InChI=1S/C14H9ClFN3O/c15-11-6-2-5-10(12(11)16)14-18-13(19-20-14)8-3-1-4-9(17)7-8/h1-7H,17H2. The molecule has 100 valence electrons. The third kappa shape index (κ3) is 2.23. The summed E-state index contributed by atoms with van der Waals surface area (Å²) in [5, 5.41) is 3.83. The first-order valence-electron chi connectivity index (χ1n) is 5.79. The smallest absolute Gasteiger partial charge is 0.261 e. The van der Waals surface area contributed by atoms with E-state index < -0.39 is 5.82 Å². The third-order valence-electron chi connectivity index (χ3n) is 2.75. The summed E-state index contributed by atoms with van der Waals surface area (Å²) in [6, 6.07) is 11.6. The van der Waals surface area contributed by atoms with Crippen LogP contribution in [0.3, 0.4) is 0 Å². The molecule has 0 saturated heterocycles. The van der Waals surface area contributed by atoms with Gasteiger partial charge in [-0.2, -0.15) is 4.98 Å². The van der Waals surface area contributed by atoms with E-state index in [2.05, 4.69) is 10.1 Å². The molecule has 0 aliphatic carbocycles.